The van der Waals surface area contributed by atoms with Gasteiger partial charge in [0.25, 0.3) is 11.3 Å². The van der Waals surface area contributed by atoms with E-state index < -0.39 is 17.6 Å². The standard InChI is InChI=1S/C25H31F3N2O3S2/c1-4-14-29(15-5-2)20(16-19-10-12-21(13-11-19)33-25(26,27)28)17-30(35(31)32)24-18(3)22-8-6-7-9-23(22)34-24/h6-13,20H,4-5,14-17H2,1-3H3,(H,31,32). The molecular weight excluding hydrogens is 497 g/mol. The number of anilines is 1. The fourth-order valence-corrected chi connectivity index (χ4v) is 6.27. The van der Waals surface area contributed by atoms with Crippen molar-refractivity contribution >= 4 is 37.7 Å². The zero-order chi connectivity index (χ0) is 25.6. The number of halogens is 3. The van der Waals surface area contributed by atoms with E-state index >= 15 is 0 Å². The molecule has 0 radical (unpaired) electrons. The van der Waals surface area contributed by atoms with E-state index in [1.165, 1.54) is 27.8 Å². The molecule has 0 aliphatic carbocycles. The largest absolute Gasteiger partial charge is 0.573 e. The summed E-state index contributed by atoms with van der Waals surface area (Å²) in [5.74, 6) is -0.268. The molecule has 10 heteroatoms. The van der Waals surface area contributed by atoms with Gasteiger partial charge in [0, 0.05) is 10.7 Å². The van der Waals surface area contributed by atoms with Crippen LogP contribution in [0.1, 0.15) is 37.8 Å². The van der Waals surface area contributed by atoms with Crippen molar-refractivity contribution in [3.63, 3.8) is 0 Å². The summed E-state index contributed by atoms with van der Waals surface area (Å²) in [6.07, 6.45) is -2.39. The number of hydrogen-bond acceptors (Lipinski definition) is 4. The second-order valence-electron chi connectivity index (χ2n) is 8.41. The molecule has 1 aromatic heterocycles. The number of aryl methyl sites for hydroxylation is 1. The maximum Gasteiger partial charge on any atom is 0.573 e. The van der Waals surface area contributed by atoms with E-state index in [0.29, 0.717) is 13.0 Å². The van der Waals surface area contributed by atoms with E-state index in [9.17, 15) is 21.9 Å². The monoisotopic (exact) mass is 528 g/mol. The molecule has 2 atom stereocenters. The van der Waals surface area contributed by atoms with E-state index in [1.54, 1.807) is 12.1 Å². The first-order valence-electron chi connectivity index (χ1n) is 11.6. The summed E-state index contributed by atoms with van der Waals surface area (Å²) in [5, 5.41) is 1.80. The van der Waals surface area contributed by atoms with Gasteiger partial charge in [0.05, 0.1) is 6.54 Å². The van der Waals surface area contributed by atoms with Crippen LogP contribution in [0, 0.1) is 6.92 Å². The number of thiophene rings is 1. The number of fused-ring (bicyclic) bond motifs is 1. The topological polar surface area (TPSA) is 53.0 Å². The van der Waals surface area contributed by atoms with Crippen molar-refractivity contribution in [2.24, 2.45) is 0 Å². The van der Waals surface area contributed by atoms with E-state index in [1.807, 2.05) is 31.2 Å². The predicted molar refractivity (Wildman–Crippen MR) is 137 cm³/mol. The van der Waals surface area contributed by atoms with Crippen LogP contribution in [-0.2, 0) is 17.7 Å². The Hall–Kier alpha value is -2.14. The highest BCUT2D eigenvalue weighted by molar-refractivity contribution is 7.81. The minimum absolute atomic E-state index is 0.120. The van der Waals surface area contributed by atoms with Crippen molar-refractivity contribution < 1.29 is 26.7 Å². The van der Waals surface area contributed by atoms with Crippen molar-refractivity contribution in [2.45, 2.75) is 52.4 Å². The number of rotatable bonds is 12. The van der Waals surface area contributed by atoms with Crippen LogP contribution in [-0.4, -0.2) is 45.7 Å². The summed E-state index contributed by atoms with van der Waals surface area (Å²) in [4.78, 5) is 2.29. The summed E-state index contributed by atoms with van der Waals surface area (Å²) in [6, 6.07) is 13.6. The van der Waals surface area contributed by atoms with E-state index in [2.05, 4.69) is 23.5 Å². The van der Waals surface area contributed by atoms with Gasteiger partial charge in [-0.3, -0.25) is 13.8 Å². The molecule has 0 saturated heterocycles. The minimum atomic E-state index is -4.74. The molecular formula is C25H31F3N2O3S2. The molecule has 0 saturated carbocycles. The lowest BCUT2D eigenvalue weighted by molar-refractivity contribution is -0.274. The average Bonchev–Trinajstić information content (AvgIpc) is 3.12. The number of hydrogen-bond donors (Lipinski definition) is 1. The third-order valence-electron chi connectivity index (χ3n) is 5.78. The van der Waals surface area contributed by atoms with Gasteiger partial charge in [0.2, 0.25) is 0 Å². The Morgan fingerprint density at radius 3 is 2.23 bits per heavy atom. The van der Waals surface area contributed by atoms with Crippen molar-refractivity contribution in [3.05, 3.63) is 59.7 Å². The summed E-state index contributed by atoms with van der Waals surface area (Å²) >= 11 is -0.752. The molecule has 35 heavy (non-hydrogen) atoms. The molecule has 3 rings (SSSR count). The SMILES string of the molecule is CCCN(CCC)C(Cc1ccc(OC(F)(F)F)cc1)CN(c1sc2ccccc2c1C)S(=O)O. The van der Waals surface area contributed by atoms with Crippen molar-refractivity contribution in [1.29, 1.82) is 0 Å². The number of nitrogens with zero attached hydrogens (tertiary/aromatic N) is 2. The zero-order valence-corrected chi connectivity index (χ0v) is 21.7. The lowest BCUT2D eigenvalue weighted by atomic mass is 10.0. The second-order valence-corrected chi connectivity index (χ2v) is 10.3. The molecule has 192 valence electrons. The summed E-state index contributed by atoms with van der Waals surface area (Å²) in [5.41, 5.74) is 1.79. The van der Waals surface area contributed by atoms with Crippen LogP contribution in [0.4, 0.5) is 18.2 Å². The molecule has 0 aliphatic rings. The maximum absolute atomic E-state index is 12.5. The molecule has 0 spiro atoms. The summed E-state index contributed by atoms with van der Waals surface area (Å²) in [7, 11) is 0. The number of ether oxygens (including phenoxy) is 1. The van der Waals surface area contributed by atoms with Crippen molar-refractivity contribution in [2.75, 3.05) is 23.9 Å². The van der Waals surface area contributed by atoms with E-state index in [4.69, 9.17) is 0 Å². The number of alkyl halides is 3. The second kappa shape index (κ2) is 12.2. The molecule has 2 aromatic carbocycles. The Bertz CT molecular complexity index is 1110. The van der Waals surface area contributed by atoms with Gasteiger partial charge < -0.3 is 4.74 Å². The molecule has 5 nitrogen and oxygen atoms in total. The molecule has 0 amide bonds. The molecule has 1 heterocycles. The Morgan fingerprint density at radius 1 is 1.06 bits per heavy atom. The Labute approximate surface area is 210 Å². The van der Waals surface area contributed by atoms with Crippen LogP contribution in [0.2, 0.25) is 0 Å². The van der Waals surface area contributed by atoms with Crippen LogP contribution in [0.5, 0.6) is 5.75 Å². The van der Waals surface area contributed by atoms with Gasteiger partial charge in [-0.05, 0) is 74.0 Å². The average molecular weight is 529 g/mol. The van der Waals surface area contributed by atoms with Crippen molar-refractivity contribution in [3.8, 4) is 5.75 Å². The van der Waals surface area contributed by atoms with Gasteiger partial charge >= 0.3 is 6.36 Å². The van der Waals surface area contributed by atoms with Gasteiger partial charge in [-0.2, -0.15) is 0 Å². The normalized spacial score (nSPS) is 13.8. The van der Waals surface area contributed by atoms with Crippen LogP contribution in [0.25, 0.3) is 10.1 Å². The van der Waals surface area contributed by atoms with Crippen LogP contribution >= 0.6 is 11.3 Å². The summed E-state index contributed by atoms with van der Waals surface area (Å²) < 4.78 is 67.0. The van der Waals surface area contributed by atoms with Crippen LogP contribution < -0.4 is 9.04 Å². The van der Waals surface area contributed by atoms with Gasteiger partial charge in [0.15, 0.2) is 0 Å². The van der Waals surface area contributed by atoms with E-state index in [0.717, 1.165) is 52.1 Å². The van der Waals surface area contributed by atoms with Gasteiger partial charge in [0.1, 0.15) is 10.8 Å². The molecule has 1 N–H and O–H groups in total. The molecule has 2 unspecified atom stereocenters. The molecule has 0 fully saturated rings. The highest BCUT2D eigenvalue weighted by Gasteiger charge is 2.31. The third kappa shape index (κ3) is 7.42. The first-order chi connectivity index (χ1) is 16.6. The van der Waals surface area contributed by atoms with Gasteiger partial charge in [-0.1, -0.05) is 44.2 Å². The highest BCUT2D eigenvalue weighted by atomic mass is 32.2. The Kier molecular flexibility index (Phi) is 9.57. The summed E-state index contributed by atoms with van der Waals surface area (Å²) in [6.45, 7) is 8.05. The number of benzene rings is 2. The lowest BCUT2D eigenvalue weighted by Gasteiger charge is -2.34. The Balaban J connectivity index is 1.91. The molecule has 3 aromatic rings. The predicted octanol–water partition coefficient (Wildman–Crippen LogP) is 6.78. The highest BCUT2D eigenvalue weighted by Crippen LogP contribution is 2.38. The molecule has 0 aliphatic heterocycles. The van der Waals surface area contributed by atoms with Crippen LogP contribution in [0.3, 0.4) is 0 Å². The first-order valence-corrected chi connectivity index (χ1v) is 13.5. The van der Waals surface area contributed by atoms with Gasteiger partial charge in [-0.15, -0.1) is 24.5 Å². The third-order valence-corrected chi connectivity index (χ3v) is 7.90. The maximum atomic E-state index is 12.5. The lowest BCUT2D eigenvalue weighted by Crippen LogP contribution is -2.46. The quantitative estimate of drug-likeness (QED) is 0.263. The minimum Gasteiger partial charge on any atom is -0.406 e. The van der Waals surface area contributed by atoms with Gasteiger partial charge in [-0.25, -0.2) is 4.21 Å². The Morgan fingerprint density at radius 2 is 1.69 bits per heavy atom. The fraction of sp³-hybridized carbons (Fsp3) is 0.440. The smallest absolute Gasteiger partial charge is 0.406 e. The molecule has 0 bridgehead atoms. The zero-order valence-electron chi connectivity index (χ0n) is 20.0. The van der Waals surface area contributed by atoms with Crippen LogP contribution in [0.15, 0.2) is 48.5 Å². The van der Waals surface area contributed by atoms with E-state index in [-0.39, 0.29) is 11.8 Å². The van der Waals surface area contributed by atoms with Crippen molar-refractivity contribution in [1.82, 2.24) is 4.90 Å². The fourth-order valence-electron chi connectivity index (χ4n) is 4.27. The first kappa shape index (κ1) is 27.4.